The van der Waals surface area contributed by atoms with Gasteiger partial charge in [-0.25, -0.2) is 4.79 Å². The van der Waals surface area contributed by atoms with Crippen molar-refractivity contribution in [2.24, 2.45) is 0 Å². The van der Waals surface area contributed by atoms with E-state index in [9.17, 15) is 4.79 Å². The summed E-state index contributed by atoms with van der Waals surface area (Å²) in [6.07, 6.45) is 0.445. The van der Waals surface area contributed by atoms with E-state index in [1.165, 1.54) is 4.90 Å². The smallest absolute Gasteiger partial charge is 0.351 e. The lowest BCUT2D eigenvalue weighted by Gasteiger charge is -2.34. The van der Waals surface area contributed by atoms with Crippen molar-refractivity contribution >= 4 is 29.2 Å². The highest BCUT2D eigenvalue weighted by molar-refractivity contribution is 6.26. The molecule has 12 nitrogen and oxygen atoms in total. The largest absolute Gasteiger partial charge is 0.539 e. The number of carbonyl (C=O) groups excluding carboxylic acids is 2. The zero-order valence-electron chi connectivity index (χ0n) is 21.4. The second kappa shape index (κ2) is 14.4. The monoisotopic (exact) mass is 519 g/mol. The zero-order chi connectivity index (χ0) is 27.4. The van der Waals surface area contributed by atoms with Crippen molar-refractivity contribution in [1.82, 2.24) is 0 Å². The molecule has 37 heavy (non-hydrogen) atoms. The highest BCUT2D eigenvalue weighted by Crippen LogP contribution is 2.39. The van der Waals surface area contributed by atoms with Gasteiger partial charge in [-0.2, -0.15) is 0 Å². The Morgan fingerprint density at radius 2 is 1.49 bits per heavy atom. The second-order valence-corrected chi connectivity index (χ2v) is 7.96. The van der Waals surface area contributed by atoms with E-state index in [-0.39, 0.29) is 5.91 Å². The molecule has 1 amide bonds. The third-order valence-corrected chi connectivity index (χ3v) is 5.73. The van der Waals surface area contributed by atoms with E-state index >= 15 is 0 Å². The standard InChI is InChI=1S/C23H31N3O5.C2H2O4/c1-28-19-8-6-5-7-18(19)26-13-11-25(12-14-26)10-9-22(27)24-17-15-20(29-2)23(31-4)21(16-17)30-3;3-1(4)2(5)6/h5-8,15-16H,9-14H2,1-4H3,(H,24,27);(H,3,4)(H,5,6). The average Bonchev–Trinajstić information content (AvgIpc) is 2.91. The molecule has 0 unspecified atom stereocenters. The number of amides is 1. The second-order valence-electron chi connectivity index (χ2n) is 7.96. The van der Waals surface area contributed by atoms with E-state index in [1.807, 2.05) is 18.2 Å². The number of rotatable bonds is 9. The summed E-state index contributed by atoms with van der Waals surface area (Å²) in [6.45, 7) is 4.62. The maximum absolute atomic E-state index is 12.5. The number of para-hydroxylation sites is 2. The number of hydrogen-bond donors (Lipinski definition) is 3. The first-order valence-corrected chi connectivity index (χ1v) is 11.5. The number of hydrogen-bond acceptors (Lipinski definition) is 9. The number of piperazine rings is 1. The normalized spacial score (nSPS) is 13.0. The quantitative estimate of drug-likeness (QED) is 0.362. The van der Waals surface area contributed by atoms with Crippen LogP contribution >= 0.6 is 0 Å². The number of benzene rings is 2. The number of methoxy groups -OCH3 is 4. The number of nitrogens with zero attached hydrogens (tertiary/aromatic N) is 1. The molecule has 2 aromatic carbocycles. The van der Waals surface area contributed by atoms with Crippen LogP contribution in [0.5, 0.6) is 23.0 Å². The lowest BCUT2D eigenvalue weighted by atomic mass is 10.2. The molecule has 0 spiro atoms. The van der Waals surface area contributed by atoms with Crippen LogP contribution in [-0.2, 0) is 14.4 Å². The number of anilines is 2. The van der Waals surface area contributed by atoms with E-state index in [2.05, 4.69) is 16.3 Å². The molecule has 1 aliphatic rings. The van der Waals surface area contributed by atoms with Crippen LogP contribution in [-0.4, -0.2) is 84.1 Å². The number of carbonyl (C=O) groups is 3. The summed E-state index contributed by atoms with van der Waals surface area (Å²) in [4.78, 5) is 34.3. The van der Waals surface area contributed by atoms with Crippen LogP contribution in [0.1, 0.15) is 6.42 Å². The van der Waals surface area contributed by atoms with Crippen molar-refractivity contribution in [3.05, 3.63) is 36.4 Å². The van der Waals surface area contributed by atoms with E-state index in [4.69, 9.17) is 38.7 Å². The molecule has 1 aliphatic heterocycles. The average molecular weight is 520 g/mol. The molecule has 1 fully saturated rings. The molecule has 0 aromatic heterocycles. The van der Waals surface area contributed by atoms with Crippen LogP contribution in [0.25, 0.3) is 0 Å². The number of carboxylic acids is 2. The van der Waals surface area contributed by atoms with Crippen molar-refractivity contribution < 1.29 is 48.4 Å². The van der Waals surface area contributed by atoms with Crippen LogP contribution < -0.4 is 39.2 Å². The summed E-state index contributed by atoms with van der Waals surface area (Å²) in [6, 6.07) is 11.6. The Labute approximate surface area is 215 Å². The maximum atomic E-state index is 12.5. The predicted molar refractivity (Wildman–Crippen MR) is 133 cm³/mol. The van der Waals surface area contributed by atoms with Crippen LogP contribution in [0, 0.1) is 0 Å². The van der Waals surface area contributed by atoms with Gasteiger partial charge in [0.2, 0.25) is 11.7 Å². The Morgan fingerprint density at radius 3 is 1.97 bits per heavy atom. The minimum absolute atomic E-state index is 0.0334. The molecular formula is C25H33N3O9. The Morgan fingerprint density at radius 1 is 0.946 bits per heavy atom. The summed E-state index contributed by atoms with van der Waals surface area (Å²) in [7, 11) is 6.36. The highest BCUT2D eigenvalue weighted by Gasteiger charge is 2.23. The molecule has 0 aliphatic carbocycles. The Hall–Kier alpha value is -4.19. The topological polar surface area (TPSA) is 151 Å². The minimum atomic E-state index is -2.07. The van der Waals surface area contributed by atoms with E-state index in [1.54, 1.807) is 40.6 Å². The third kappa shape index (κ3) is 8.46. The highest BCUT2D eigenvalue weighted by atomic mass is 16.5. The number of ether oxygens (including phenoxy) is 4. The van der Waals surface area contributed by atoms with Gasteiger partial charge in [-0.3, -0.25) is 4.79 Å². The first kappa shape index (κ1) is 29.0. The van der Waals surface area contributed by atoms with Gasteiger partial charge >= 0.3 is 5.97 Å². The maximum Gasteiger partial charge on any atom is 0.351 e. The van der Waals surface area contributed by atoms with Gasteiger partial charge in [0.05, 0.1) is 73.3 Å². The van der Waals surface area contributed by atoms with Gasteiger partial charge in [0.25, 0.3) is 0 Å². The lowest BCUT2D eigenvalue weighted by molar-refractivity contribution is -0.900. The Kier molecular flexibility index (Phi) is 11.3. The molecule has 0 radical (unpaired) electrons. The van der Waals surface area contributed by atoms with Crippen LogP contribution in [0.15, 0.2) is 36.4 Å². The molecule has 1 saturated heterocycles. The first-order valence-electron chi connectivity index (χ1n) is 11.5. The van der Waals surface area contributed by atoms with Crippen molar-refractivity contribution in [2.75, 3.05) is 71.4 Å². The van der Waals surface area contributed by atoms with Gasteiger partial charge in [0.1, 0.15) is 5.75 Å². The van der Waals surface area contributed by atoms with Crippen molar-refractivity contribution in [3.63, 3.8) is 0 Å². The fraction of sp³-hybridized carbons (Fsp3) is 0.400. The Bertz CT molecular complexity index is 1030. The minimum Gasteiger partial charge on any atom is -0.539 e. The van der Waals surface area contributed by atoms with Crippen molar-refractivity contribution in [2.45, 2.75) is 6.42 Å². The number of carboxylic acid groups (broad SMARTS) is 2. The molecule has 0 atom stereocenters. The fourth-order valence-corrected chi connectivity index (χ4v) is 3.87. The molecule has 0 saturated carbocycles. The molecule has 2 aromatic rings. The number of aliphatic carboxylic acids is 2. The van der Waals surface area contributed by atoms with Gasteiger partial charge in [-0.05, 0) is 12.1 Å². The predicted octanol–water partition coefficient (Wildman–Crippen LogP) is -0.724. The van der Waals surface area contributed by atoms with Gasteiger partial charge in [-0.1, -0.05) is 12.1 Å². The fourth-order valence-electron chi connectivity index (χ4n) is 3.87. The van der Waals surface area contributed by atoms with Crippen LogP contribution in [0.4, 0.5) is 11.4 Å². The summed E-state index contributed by atoms with van der Waals surface area (Å²) < 4.78 is 21.5. The first-order chi connectivity index (χ1) is 17.7. The van der Waals surface area contributed by atoms with E-state index in [0.717, 1.165) is 44.2 Å². The van der Waals surface area contributed by atoms with Gasteiger partial charge in [0, 0.05) is 17.8 Å². The summed E-state index contributed by atoms with van der Waals surface area (Å²) in [5, 5.41) is 19.3. The molecule has 0 bridgehead atoms. The third-order valence-electron chi connectivity index (χ3n) is 5.73. The molecule has 202 valence electrons. The zero-order valence-corrected chi connectivity index (χ0v) is 21.4. The number of quaternary nitrogens is 1. The molecule has 3 N–H and O–H groups in total. The van der Waals surface area contributed by atoms with Gasteiger partial charge in [-0.15, -0.1) is 0 Å². The van der Waals surface area contributed by atoms with Gasteiger partial charge in [0.15, 0.2) is 17.5 Å². The van der Waals surface area contributed by atoms with Crippen LogP contribution in [0.3, 0.4) is 0 Å². The van der Waals surface area contributed by atoms with E-state index in [0.29, 0.717) is 29.4 Å². The van der Waals surface area contributed by atoms with Gasteiger partial charge < -0.3 is 49.1 Å². The SMILES string of the molecule is COc1ccccc1N1CC[NH+](CCC(=O)Nc2cc(OC)c(OC)c(OC)c2)CC1.O=C([O-])C(=O)O. The molecule has 3 rings (SSSR count). The summed E-state index contributed by atoms with van der Waals surface area (Å²) >= 11 is 0. The number of nitrogens with one attached hydrogen (secondary N) is 2. The van der Waals surface area contributed by atoms with Crippen molar-refractivity contribution in [3.8, 4) is 23.0 Å². The van der Waals surface area contributed by atoms with Crippen molar-refractivity contribution in [1.29, 1.82) is 0 Å². The summed E-state index contributed by atoms with van der Waals surface area (Å²) in [5.74, 6) is -1.62. The van der Waals surface area contributed by atoms with Crippen LogP contribution in [0.2, 0.25) is 0 Å². The molecular weight excluding hydrogens is 486 g/mol. The summed E-state index contributed by atoms with van der Waals surface area (Å²) in [5.41, 5.74) is 1.75. The molecule has 1 heterocycles. The Balaban J connectivity index is 0.000000717. The van der Waals surface area contributed by atoms with E-state index < -0.39 is 11.9 Å². The lowest BCUT2D eigenvalue weighted by Crippen LogP contribution is -3.15. The molecule has 12 heteroatoms.